The number of aromatic nitrogens is 1. The molecule has 1 fully saturated rings. The molecule has 0 radical (unpaired) electrons. The number of hydrogen-bond donors (Lipinski definition) is 1. The molecule has 0 spiro atoms. The molecule has 2 heterocycles. The van der Waals surface area contributed by atoms with Crippen LogP contribution >= 0.6 is 0 Å². The smallest absolute Gasteiger partial charge is 0.254 e. The molecular weight excluding hydrogens is 318 g/mol. The molecule has 6 nitrogen and oxygen atoms in total. The Hall–Kier alpha value is -2.76. The molecule has 1 aliphatic rings. The number of anilines is 2. The van der Waals surface area contributed by atoms with Gasteiger partial charge in [0.1, 0.15) is 5.82 Å². The maximum absolute atomic E-state index is 12.6. The van der Waals surface area contributed by atoms with E-state index in [1.54, 1.807) is 32.5 Å². The number of benzene rings is 1. The van der Waals surface area contributed by atoms with Crippen LogP contribution in [0.4, 0.5) is 11.5 Å². The lowest BCUT2D eigenvalue weighted by Gasteiger charge is -2.26. The standard InChI is InChI=1S/C19H23N3O3/c1-24-16-7-6-15(13-17(16)25-2)21-18-12-14(8-9-20-18)19(23)22-10-4-3-5-11-22/h6-9,12-13H,3-5,10-11H2,1-2H3,(H,20,21). The van der Waals surface area contributed by atoms with E-state index in [2.05, 4.69) is 10.3 Å². The molecule has 1 aromatic carbocycles. The molecule has 1 N–H and O–H groups in total. The highest BCUT2D eigenvalue weighted by molar-refractivity contribution is 5.95. The van der Waals surface area contributed by atoms with Crippen molar-refractivity contribution in [2.75, 3.05) is 32.6 Å². The van der Waals surface area contributed by atoms with Gasteiger partial charge in [0.25, 0.3) is 5.91 Å². The lowest BCUT2D eigenvalue weighted by molar-refractivity contribution is 0.0724. The minimum Gasteiger partial charge on any atom is -0.493 e. The molecule has 2 aromatic rings. The van der Waals surface area contributed by atoms with Gasteiger partial charge in [-0.05, 0) is 43.5 Å². The molecule has 0 aliphatic carbocycles. The lowest BCUT2D eigenvalue weighted by Crippen LogP contribution is -2.35. The second kappa shape index (κ2) is 7.88. The van der Waals surface area contributed by atoms with Crippen LogP contribution in [0.25, 0.3) is 0 Å². The third-order valence-electron chi connectivity index (χ3n) is 4.31. The van der Waals surface area contributed by atoms with E-state index in [-0.39, 0.29) is 5.91 Å². The minimum absolute atomic E-state index is 0.0671. The zero-order chi connectivity index (χ0) is 17.6. The molecular formula is C19H23N3O3. The fourth-order valence-electron chi connectivity index (χ4n) is 2.97. The number of nitrogens with one attached hydrogen (secondary N) is 1. The van der Waals surface area contributed by atoms with Gasteiger partial charge in [-0.25, -0.2) is 4.98 Å². The number of carbonyl (C=O) groups is 1. The largest absolute Gasteiger partial charge is 0.493 e. The van der Waals surface area contributed by atoms with Crippen molar-refractivity contribution >= 4 is 17.4 Å². The average molecular weight is 341 g/mol. The van der Waals surface area contributed by atoms with Crippen LogP contribution in [0.15, 0.2) is 36.5 Å². The molecule has 1 saturated heterocycles. The van der Waals surface area contributed by atoms with Crippen LogP contribution in [-0.4, -0.2) is 43.1 Å². The highest BCUT2D eigenvalue weighted by atomic mass is 16.5. The summed E-state index contributed by atoms with van der Waals surface area (Å²) < 4.78 is 10.6. The van der Waals surface area contributed by atoms with Crippen molar-refractivity contribution in [1.82, 2.24) is 9.88 Å². The minimum atomic E-state index is 0.0671. The first-order valence-corrected chi connectivity index (χ1v) is 8.45. The Labute approximate surface area is 147 Å². The molecule has 1 aromatic heterocycles. The van der Waals surface area contributed by atoms with Gasteiger partial charge in [0.2, 0.25) is 0 Å². The zero-order valence-electron chi connectivity index (χ0n) is 14.6. The summed E-state index contributed by atoms with van der Waals surface area (Å²) in [5, 5.41) is 3.21. The molecule has 0 saturated carbocycles. The Morgan fingerprint density at radius 3 is 2.52 bits per heavy atom. The van der Waals surface area contributed by atoms with Crippen molar-refractivity contribution in [3.8, 4) is 11.5 Å². The summed E-state index contributed by atoms with van der Waals surface area (Å²) in [5.74, 6) is 1.98. The lowest BCUT2D eigenvalue weighted by atomic mass is 10.1. The number of pyridine rings is 1. The predicted octanol–water partition coefficient (Wildman–Crippen LogP) is 3.47. The summed E-state index contributed by atoms with van der Waals surface area (Å²) in [5.41, 5.74) is 1.47. The number of carbonyl (C=O) groups excluding carboxylic acids is 1. The summed E-state index contributed by atoms with van der Waals surface area (Å²) in [6.07, 6.45) is 5.01. The molecule has 1 amide bonds. The summed E-state index contributed by atoms with van der Waals surface area (Å²) >= 11 is 0. The second-order valence-electron chi connectivity index (χ2n) is 5.98. The van der Waals surface area contributed by atoms with E-state index >= 15 is 0 Å². The Bertz CT molecular complexity index is 742. The molecule has 3 rings (SSSR count). The molecule has 25 heavy (non-hydrogen) atoms. The normalized spacial score (nSPS) is 14.1. The fourth-order valence-corrected chi connectivity index (χ4v) is 2.97. The quantitative estimate of drug-likeness (QED) is 0.902. The Kier molecular flexibility index (Phi) is 5.38. The maximum atomic E-state index is 12.6. The van der Waals surface area contributed by atoms with Crippen molar-refractivity contribution in [3.05, 3.63) is 42.1 Å². The number of likely N-dealkylation sites (tertiary alicyclic amines) is 1. The van der Waals surface area contributed by atoms with E-state index in [0.717, 1.165) is 31.6 Å². The number of hydrogen-bond acceptors (Lipinski definition) is 5. The van der Waals surface area contributed by atoms with E-state index in [4.69, 9.17) is 9.47 Å². The van der Waals surface area contributed by atoms with Gasteiger partial charge in [-0.2, -0.15) is 0 Å². The molecule has 1 aliphatic heterocycles. The van der Waals surface area contributed by atoms with Gasteiger partial charge >= 0.3 is 0 Å². The topological polar surface area (TPSA) is 63.7 Å². The molecule has 0 atom stereocenters. The van der Waals surface area contributed by atoms with E-state index in [0.29, 0.717) is 22.9 Å². The van der Waals surface area contributed by atoms with E-state index in [1.165, 1.54) is 6.42 Å². The predicted molar refractivity (Wildman–Crippen MR) is 96.8 cm³/mol. The first kappa shape index (κ1) is 17.1. The van der Waals surface area contributed by atoms with Crippen molar-refractivity contribution in [1.29, 1.82) is 0 Å². The van der Waals surface area contributed by atoms with Crippen LogP contribution in [-0.2, 0) is 0 Å². The van der Waals surface area contributed by atoms with Gasteiger partial charge < -0.3 is 19.7 Å². The van der Waals surface area contributed by atoms with Crippen LogP contribution < -0.4 is 14.8 Å². The molecule has 6 heteroatoms. The first-order chi connectivity index (χ1) is 12.2. The Balaban J connectivity index is 1.76. The molecule has 0 bridgehead atoms. The van der Waals surface area contributed by atoms with Crippen LogP contribution in [0.3, 0.4) is 0 Å². The van der Waals surface area contributed by atoms with Crippen molar-refractivity contribution in [3.63, 3.8) is 0 Å². The van der Waals surface area contributed by atoms with Gasteiger partial charge in [-0.1, -0.05) is 0 Å². The van der Waals surface area contributed by atoms with Crippen molar-refractivity contribution < 1.29 is 14.3 Å². The SMILES string of the molecule is COc1ccc(Nc2cc(C(=O)N3CCCCC3)ccn2)cc1OC. The fraction of sp³-hybridized carbons (Fsp3) is 0.368. The number of rotatable bonds is 5. The van der Waals surface area contributed by atoms with Gasteiger partial charge in [-0.3, -0.25) is 4.79 Å². The zero-order valence-corrected chi connectivity index (χ0v) is 14.6. The number of piperidine rings is 1. The van der Waals surface area contributed by atoms with Gasteiger partial charge in [-0.15, -0.1) is 0 Å². The number of methoxy groups -OCH3 is 2. The van der Waals surface area contributed by atoms with Crippen LogP contribution in [0.5, 0.6) is 11.5 Å². The highest BCUT2D eigenvalue weighted by Crippen LogP contribution is 2.31. The first-order valence-electron chi connectivity index (χ1n) is 8.45. The Morgan fingerprint density at radius 2 is 1.80 bits per heavy atom. The summed E-state index contributed by atoms with van der Waals surface area (Å²) in [7, 11) is 3.19. The van der Waals surface area contributed by atoms with Crippen LogP contribution in [0.2, 0.25) is 0 Å². The molecule has 132 valence electrons. The third kappa shape index (κ3) is 4.02. The van der Waals surface area contributed by atoms with Gasteiger partial charge in [0.15, 0.2) is 11.5 Å². The average Bonchev–Trinajstić information content (AvgIpc) is 2.68. The van der Waals surface area contributed by atoms with Gasteiger partial charge in [0, 0.05) is 36.6 Å². The number of nitrogens with zero attached hydrogens (tertiary/aromatic N) is 2. The summed E-state index contributed by atoms with van der Waals surface area (Å²) in [6, 6.07) is 9.08. The number of ether oxygens (including phenoxy) is 2. The van der Waals surface area contributed by atoms with Gasteiger partial charge in [0.05, 0.1) is 14.2 Å². The maximum Gasteiger partial charge on any atom is 0.254 e. The van der Waals surface area contributed by atoms with Crippen LogP contribution in [0, 0.1) is 0 Å². The highest BCUT2D eigenvalue weighted by Gasteiger charge is 2.18. The van der Waals surface area contributed by atoms with E-state index in [9.17, 15) is 4.79 Å². The van der Waals surface area contributed by atoms with Crippen molar-refractivity contribution in [2.24, 2.45) is 0 Å². The van der Waals surface area contributed by atoms with Crippen molar-refractivity contribution in [2.45, 2.75) is 19.3 Å². The van der Waals surface area contributed by atoms with E-state index < -0.39 is 0 Å². The third-order valence-corrected chi connectivity index (χ3v) is 4.31. The number of amides is 1. The monoisotopic (exact) mass is 341 g/mol. The van der Waals surface area contributed by atoms with E-state index in [1.807, 2.05) is 23.1 Å². The Morgan fingerprint density at radius 1 is 1.04 bits per heavy atom. The summed E-state index contributed by atoms with van der Waals surface area (Å²) in [6.45, 7) is 1.67. The molecule has 0 unspecified atom stereocenters. The van der Waals surface area contributed by atoms with Crippen LogP contribution in [0.1, 0.15) is 29.6 Å². The second-order valence-corrected chi connectivity index (χ2v) is 5.98. The summed E-state index contributed by atoms with van der Waals surface area (Å²) in [4.78, 5) is 18.8.